The smallest absolute Gasteiger partial charge is 0.123 e. The molecule has 2 rings (SSSR count). The lowest BCUT2D eigenvalue weighted by atomic mass is 9.90. The molecule has 1 saturated heterocycles. The first-order valence-electron chi connectivity index (χ1n) is 7.03. The van der Waals surface area contributed by atoms with Crippen molar-refractivity contribution in [2.45, 2.75) is 26.3 Å². The first-order valence-corrected chi connectivity index (χ1v) is 7.41. The van der Waals surface area contributed by atoms with Gasteiger partial charge in [0.15, 0.2) is 0 Å². The first-order chi connectivity index (χ1) is 9.13. The van der Waals surface area contributed by atoms with Gasteiger partial charge in [-0.3, -0.25) is 4.90 Å². The Morgan fingerprint density at radius 2 is 2.05 bits per heavy atom. The van der Waals surface area contributed by atoms with E-state index in [-0.39, 0.29) is 11.9 Å². The van der Waals surface area contributed by atoms with Crippen LogP contribution in [-0.4, -0.2) is 31.1 Å². The predicted octanol–water partition coefficient (Wildman–Crippen LogP) is 3.47. The zero-order chi connectivity index (χ0) is 13.8. The first kappa shape index (κ1) is 14.8. The predicted molar refractivity (Wildman–Crippen MR) is 78.0 cm³/mol. The van der Waals surface area contributed by atoms with E-state index in [1.807, 2.05) is 0 Å². The van der Waals surface area contributed by atoms with Crippen LogP contribution in [0.25, 0.3) is 0 Å². The monoisotopic (exact) mass is 284 g/mol. The lowest BCUT2D eigenvalue weighted by molar-refractivity contribution is 0.128. The molecule has 0 saturated carbocycles. The summed E-state index contributed by atoms with van der Waals surface area (Å²) in [6.07, 6.45) is 1.06. The van der Waals surface area contributed by atoms with E-state index in [2.05, 4.69) is 24.1 Å². The minimum Gasteiger partial charge on any atom is -0.314 e. The fourth-order valence-corrected chi connectivity index (χ4v) is 3.02. The number of piperazine rings is 1. The van der Waals surface area contributed by atoms with Crippen LogP contribution in [0.2, 0.25) is 5.02 Å². The molecule has 0 amide bonds. The Morgan fingerprint density at radius 3 is 2.68 bits per heavy atom. The summed E-state index contributed by atoms with van der Waals surface area (Å²) in [7, 11) is 0. The van der Waals surface area contributed by atoms with Crippen LogP contribution in [-0.2, 0) is 0 Å². The summed E-state index contributed by atoms with van der Waals surface area (Å²) in [5.41, 5.74) is 0.929. The van der Waals surface area contributed by atoms with Gasteiger partial charge in [0.1, 0.15) is 5.82 Å². The molecule has 4 heteroatoms. The van der Waals surface area contributed by atoms with E-state index in [0.29, 0.717) is 10.9 Å². The topological polar surface area (TPSA) is 15.3 Å². The SMILES string of the molecule is CCC(C)[C@@H](c1cc(F)ccc1Cl)N1CCNCC1. The number of rotatable bonds is 4. The van der Waals surface area contributed by atoms with E-state index >= 15 is 0 Å². The summed E-state index contributed by atoms with van der Waals surface area (Å²) >= 11 is 6.30. The van der Waals surface area contributed by atoms with Gasteiger partial charge < -0.3 is 5.32 Å². The van der Waals surface area contributed by atoms with Crippen molar-refractivity contribution in [3.63, 3.8) is 0 Å². The van der Waals surface area contributed by atoms with Crippen molar-refractivity contribution in [3.05, 3.63) is 34.6 Å². The van der Waals surface area contributed by atoms with Crippen molar-refractivity contribution in [2.24, 2.45) is 5.92 Å². The lowest BCUT2D eigenvalue weighted by Crippen LogP contribution is -2.46. The zero-order valence-electron chi connectivity index (χ0n) is 11.6. The molecule has 1 aromatic rings. The second-order valence-corrected chi connectivity index (χ2v) is 5.69. The molecule has 1 fully saturated rings. The molecule has 2 atom stereocenters. The number of benzene rings is 1. The Balaban J connectivity index is 2.33. The number of halogens is 2. The minimum absolute atomic E-state index is 0.204. The van der Waals surface area contributed by atoms with Crippen molar-refractivity contribution in [3.8, 4) is 0 Å². The summed E-state index contributed by atoms with van der Waals surface area (Å²) in [6, 6.07) is 4.90. The van der Waals surface area contributed by atoms with Crippen LogP contribution in [0.5, 0.6) is 0 Å². The Kier molecular flexibility index (Phi) is 5.20. The maximum Gasteiger partial charge on any atom is 0.123 e. The average Bonchev–Trinajstić information content (AvgIpc) is 2.44. The maximum atomic E-state index is 13.6. The molecule has 1 heterocycles. The quantitative estimate of drug-likeness (QED) is 0.911. The van der Waals surface area contributed by atoms with Gasteiger partial charge in [-0.1, -0.05) is 31.9 Å². The second kappa shape index (κ2) is 6.69. The largest absolute Gasteiger partial charge is 0.314 e. The van der Waals surface area contributed by atoms with Crippen LogP contribution in [0.15, 0.2) is 18.2 Å². The molecule has 1 N–H and O–H groups in total. The highest BCUT2D eigenvalue weighted by Crippen LogP contribution is 2.35. The van der Waals surface area contributed by atoms with Crippen LogP contribution >= 0.6 is 11.6 Å². The van der Waals surface area contributed by atoms with E-state index in [4.69, 9.17) is 11.6 Å². The lowest BCUT2D eigenvalue weighted by Gasteiger charge is -2.38. The highest BCUT2D eigenvalue weighted by atomic mass is 35.5. The van der Waals surface area contributed by atoms with Crippen LogP contribution in [0, 0.1) is 11.7 Å². The molecule has 1 unspecified atom stereocenters. The molecule has 106 valence electrons. The average molecular weight is 285 g/mol. The fourth-order valence-electron chi connectivity index (χ4n) is 2.79. The molecular weight excluding hydrogens is 263 g/mol. The van der Waals surface area contributed by atoms with Crippen molar-refractivity contribution in [1.29, 1.82) is 0 Å². The van der Waals surface area contributed by atoms with Crippen LogP contribution in [0.3, 0.4) is 0 Å². The molecule has 1 aliphatic rings. The maximum absolute atomic E-state index is 13.6. The van der Waals surface area contributed by atoms with Crippen molar-refractivity contribution in [2.75, 3.05) is 26.2 Å². The van der Waals surface area contributed by atoms with Crippen molar-refractivity contribution in [1.82, 2.24) is 10.2 Å². The highest BCUT2D eigenvalue weighted by Gasteiger charge is 2.28. The summed E-state index contributed by atoms with van der Waals surface area (Å²) in [5.74, 6) is 0.250. The van der Waals surface area contributed by atoms with Gasteiger partial charge in [0.25, 0.3) is 0 Å². The van der Waals surface area contributed by atoms with Crippen LogP contribution in [0.1, 0.15) is 31.9 Å². The van der Waals surface area contributed by atoms with E-state index in [9.17, 15) is 4.39 Å². The fraction of sp³-hybridized carbons (Fsp3) is 0.600. The van der Waals surface area contributed by atoms with Gasteiger partial charge in [-0.25, -0.2) is 4.39 Å². The Labute approximate surface area is 119 Å². The summed E-state index contributed by atoms with van der Waals surface area (Å²) in [4.78, 5) is 2.42. The molecule has 1 aromatic carbocycles. The number of hydrogen-bond acceptors (Lipinski definition) is 2. The Bertz CT molecular complexity index is 419. The van der Waals surface area contributed by atoms with E-state index < -0.39 is 0 Å². The third-order valence-electron chi connectivity index (χ3n) is 4.00. The molecule has 0 aliphatic carbocycles. The van der Waals surface area contributed by atoms with Crippen molar-refractivity contribution >= 4 is 11.6 Å². The van der Waals surface area contributed by atoms with Crippen molar-refractivity contribution < 1.29 is 4.39 Å². The third kappa shape index (κ3) is 3.47. The Hall–Kier alpha value is -0.640. The van der Waals surface area contributed by atoms with Gasteiger partial charge >= 0.3 is 0 Å². The van der Waals surface area contributed by atoms with Crippen LogP contribution in [0.4, 0.5) is 4.39 Å². The second-order valence-electron chi connectivity index (χ2n) is 5.28. The zero-order valence-corrected chi connectivity index (χ0v) is 12.4. The summed E-state index contributed by atoms with van der Waals surface area (Å²) in [5, 5.41) is 4.03. The highest BCUT2D eigenvalue weighted by molar-refractivity contribution is 6.31. The van der Waals surface area contributed by atoms with Gasteiger partial charge in [-0.15, -0.1) is 0 Å². The van der Waals surface area contributed by atoms with E-state index in [0.717, 1.165) is 38.2 Å². The van der Waals surface area contributed by atoms with Gasteiger partial charge in [-0.2, -0.15) is 0 Å². The molecule has 0 spiro atoms. The molecule has 0 bridgehead atoms. The van der Waals surface area contributed by atoms with Crippen LogP contribution < -0.4 is 5.32 Å². The summed E-state index contributed by atoms with van der Waals surface area (Å²) in [6.45, 7) is 8.34. The third-order valence-corrected chi connectivity index (χ3v) is 4.35. The standard InChI is InChI=1S/C15H22ClFN2/c1-3-11(2)15(19-8-6-18-7-9-19)13-10-12(17)4-5-14(13)16/h4-5,10-11,15,18H,3,6-9H2,1-2H3/t11?,15-/m0/s1. The molecule has 1 aliphatic heterocycles. The number of nitrogens with one attached hydrogen (secondary N) is 1. The molecule has 2 nitrogen and oxygen atoms in total. The molecule has 0 aromatic heterocycles. The summed E-state index contributed by atoms with van der Waals surface area (Å²) < 4.78 is 13.6. The molecule has 0 radical (unpaired) electrons. The molecular formula is C15H22ClFN2. The van der Waals surface area contributed by atoms with Gasteiger partial charge in [0.2, 0.25) is 0 Å². The van der Waals surface area contributed by atoms with Gasteiger partial charge in [0.05, 0.1) is 0 Å². The van der Waals surface area contributed by atoms with Gasteiger partial charge in [-0.05, 0) is 29.7 Å². The van der Waals surface area contributed by atoms with E-state index in [1.54, 1.807) is 12.1 Å². The van der Waals surface area contributed by atoms with E-state index in [1.165, 1.54) is 6.07 Å². The Morgan fingerprint density at radius 1 is 1.37 bits per heavy atom. The number of nitrogens with zero attached hydrogens (tertiary/aromatic N) is 1. The minimum atomic E-state index is -0.206. The van der Waals surface area contributed by atoms with Gasteiger partial charge in [0, 0.05) is 37.2 Å². The molecule has 19 heavy (non-hydrogen) atoms. The normalized spacial score (nSPS) is 20.2. The number of hydrogen-bond donors (Lipinski definition) is 1.